The van der Waals surface area contributed by atoms with E-state index in [0.29, 0.717) is 28.4 Å². The Kier molecular flexibility index (Phi) is 7.07. The molecule has 0 fully saturated rings. The van der Waals surface area contributed by atoms with Crippen molar-refractivity contribution in [2.45, 2.75) is 13.0 Å². The van der Waals surface area contributed by atoms with Crippen LogP contribution in [0.1, 0.15) is 22.8 Å². The van der Waals surface area contributed by atoms with Crippen molar-refractivity contribution >= 4 is 23.7 Å². The molecule has 0 saturated heterocycles. The fourth-order valence-electron chi connectivity index (χ4n) is 3.09. The normalized spacial score (nSPS) is 14.2. The molecule has 1 amide bonds. The molecule has 1 unspecified atom stereocenters. The van der Waals surface area contributed by atoms with Gasteiger partial charge in [0.15, 0.2) is 23.9 Å². The average molecular weight is 457 g/mol. The monoisotopic (exact) mass is 457 g/mol. The maximum Gasteiger partial charge on any atom is 0.325 e. The number of methoxy groups -OCH3 is 3. The van der Waals surface area contributed by atoms with Crippen molar-refractivity contribution in [2.75, 3.05) is 27.9 Å². The van der Waals surface area contributed by atoms with Crippen molar-refractivity contribution in [3.8, 4) is 28.7 Å². The third-order valence-corrected chi connectivity index (χ3v) is 4.74. The minimum Gasteiger partial charge on any atom is -0.493 e. The van der Waals surface area contributed by atoms with Crippen LogP contribution in [0, 0.1) is 0 Å². The molecule has 0 aromatic heterocycles. The minimum absolute atomic E-state index is 0.0875. The van der Waals surface area contributed by atoms with Crippen molar-refractivity contribution < 1.29 is 43.2 Å². The highest BCUT2D eigenvalue weighted by atomic mass is 16.5. The van der Waals surface area contributed by atoms with Crippen LogP contribution >= 0.6 is 0 Å². The Bertz CT molecular complexity index is 1100. The van der Waals surface area contributed by atoms with Gasteiger partial charge in [0.25, 0.3) is 5.91 Å². The largest absolute Gasteiger partial charge is 0.493 e. The lowest BCUT2D eigenvalue weighted by molar-refractivity contribution is -0.141. The Hall–Kier alpha value is -4.21. The van der Waals surface area contributed by atoms with E-state index in [1.54, 1.807) is 18.2 Å². The fourth-order valence-corrected chi connectivity index (χ4v) is 3.09. The van der Waals surface area contributed by atoms with Crippen molar-refractivity contribution in [1.82, 2.24) is 5.32 Å². The Morgan fingerprint density at radius 2 is 1.76 bits per heavy atom. The molecule has 33 heavy (non-hydrogen) atoms. The summed E-state index contributed by atoms with van der Waals surface area (Å²) in [6.07, 6.45) is 1.55. The zero-order valence-corrected chi connectivity index (χ0v) is 18.5. The van der Waals surface area contributed by atoms with Crippen LogP contribution in [0.3, 0.4) is 0 Å². The molecule has 0 bridgehead atoms. The lowest BCUT2D eigenvalue weighted by atomic mass is 10.1. The highest BCUT2D eigenvalue weighted by Gasteiger charge is 2.28. The number of carbonyl (C=O) groups excluding carboxylic acids is 2. The van der Waals surface area contributed by atoms with Crippen LogP contribution in [0.15, 0.2) is 36.1 Å². The number of fused-ring (bicyclic) bond motifs is 1. The van der Waals surface area contributed by atoms with Crippen molar-refractivity contribution in [1.29, 1.82) is 0 Å². The topological polar surface area (TPSA) is 130 Å². The second-order valence-corrected chi connectivity index (χ2v) is 6.97. The summed E-state index contributed by atoms with van der Waals surface area (Å²) in [5.74, 6) is -0.139. The van der Waals surface area contributed by atoms with Crippen molar-refractivity contribution in [3.05, 3.63) is 47.2 Å². The SMILES string of the molecule is COc1cc(C=C2Oc3cc(OCC(=O)NC(C)C(=O)O)ccc3C2=O)cc(OC)c1OC. The van der Waals surface area contributed by atoms with E-state index >= 15 is 0 Å². The first-order valence-electron chi connectivity index (χ1n) is 9.80. The van der Waals surface area contributed by atoms with Gasteiger partial charge in [-0.3, -0.25) is 14.4 Å². The number of carboxylic acid groups (broad SMARTS) is 1. The van der Waals surface area contributed by atoms with Gasteiger partial charge < -0.3 is 34.1 Å². The third-order valence-electron chi connectivity index (χ3n) is 4.74. The number of nitrogens with one attached hydrogen (secondary N) is 1. The molecule has 0 saturated carbocycles. The number of allylic oxidation sites excluding steroid dienone is 1. The smallest absolute Gasteiger partial charge is 0.325 e. The van der Waals surface area contributed by atoms with E-state index in [0.717, 1.165) is 0 Å². The summed E-state index contributed by atoms with van der Waals surface area (Å²) < 4.78 is 27.1. The Balaban J connectivity index is 1.76. The van der Waals surface area contributed by atoms with Gasteiger partial charge in [-0.05, 0) is 42.8 Å². The van der Waals surface area contributed by atoms with Crippen molar-refractivity contribution in [2.24, 2.45) is 0 Å². The Morgan fingerprint density at radius 3 is 2.33 bits per heavy atom. The van der Waals surface area contributed by atoms with Gasteiger partial charge in [0.1, 0.15) is 17.5 Å². The molecule has 1 aliphatic heterocycles. The highest BCUT2D eigenvalue weighted by molar-refractivity contribution is 6.14. The van der Waals surface area contributed by atoms with Gasteiger partial charge >= 0.3 is 5.97 Å². The molecule has 174 valence electrons. The molecule has 10 nitrogen and oxygen atoms in total. The van der Waals surface area contributed by atoms with E-state index in [9.17, 15) is 14.4 Å². The fraction of sp³-hybridized carbons (Fsp3) is 0.261. The Morgan fingerprint density at radius 1 is 1.09 bits per heavy atom. The number of rotatable bonds is 9. The van der Waals surface area contributed by atoms with Crippen LogP contribution in [-0.2, 0) is 9.59 Å². The summed E-state index contributed by atoms with van der Waals surface area (Å²) in [6, 6.07) is 6.86. The number of amides is 1. The predicted octanol–water partition coefficient (Wildman–Crippen LogP) is 2.30. The van der Waals surface area contributed by atoms with Gasteiger partial charge in [-0.1, -0.05) is 0 Å². The summed E-state index contributed by atoms with van der Waals surface area (Å²) >= 11 is 0. The number of ketones is 1. The predicted molar refractivity (Wildman–Crippen MR) is 116 cm³/mol. The maximum atomic E-state index is 12.8. The number of carboxylic acids is 1. The second-order valence-electron chi connectivity index (χ2n) is 6.97. The van der Waals surface area contributed by atoms with Gasteiger partial charge in [0, 0.05) is 6.07 Å². The van der Waals surface area contributed by atoms with Crippen LogP contribution in [-0.4, -0.2) is 56.7 Å². The molecule has 1 atom stereocenters. The molecular formula is C23H23NO9. The van der Waals surface area contributed by atoms with E-state index in [2.05, 4.69) is 5.32 Å². The minimum atomic E-state index is -1.15. The van der Waals surface area contributed by atoms with Crippen LogP contribution in [0.5, 0.6) is 28.7 Å². The molecule has 1 aliphatic rings. The van der Waals surface area contributed by atoms with E-state index in [-0.39, 0.29) is 23.0 Å². The lowest BCUT2D eigenvalue weighted by Crippen LogP contribution is -2.40. The van der Waals surface area contributed by atoms with Crippen LogP contribution < -0.4 is 29.0 Å². The van der Waals surface area contributed by atoms with Crippen LogP contribution in [0.2, 0.25) is 0 Å². The maximum absolute atomic E-state index is 12.8. The molecular weight excluding hydrogens is 434 g/mol. The second kappa shape index (κ2) is 9.94. The molecule has 0 aliphatic carbocycles. The number of Topliss-reactive ketones (excluding diaryl/α,β-unsaturated/α-hetero) is 1. The first kappa shape index (κ1) is 23.5. The number of hydrogen-bond donors (Lipinski definition) is 2. The zero-order chi connectivity index (χ0) is 24.1. The van der Waals surface area contributed by atoms with E-state index in [4.69, 9.17) is 28.8 Å². The van der Waals surface area contributed by atoms with Gasteiger partial charge in [-0.2, -0.15) is 0 Å². The summed E-state index contributed by atoms with van der Waals surface area (Å²) in [6.45, 7) is 0.954. The summed E-state index contributed by atoms with van der Waals surface area (Å²) in [7, 11) is 4.48. The Labute approximate surface area is 189 Å². The first-order valence-corrected chi connectivity index (χ1v) is 9.80. The number of ether oxygens (including phenoxy) is 5. The van der Waals surface area contributed by atoms with Gasteiger partial charge in [-0.15, -0.1) is 0 Å². The highest BCUT2D eigenvalue weighted by Crippen LogP contribution is 2.40. The van der Waals surface area contributed by atoms with E-state index in [1.807, 2.05) is 0 Å². The zero-order valence-electron chi connectivity index (χ0n) is 18.5. The van der Waals surface area contributed by atoms with Gasteiger partial charge in [-0.25, -0.2) is 0 Å². The third kappa shape index (κ3) is 5.17. The molecule has 1 heterocycles. The van der Waals surface area contributed by atoms with Gasteiger partial charge in [0.05, 0.1) is 26.9 Å². The molecule has 0 radical (unpaired) electrons. The van der Waals surface area contributed by atoms with Crippen molar-refractivity contribution in [3.63, 3.8) is 0 Å². The number of aliphatic carboxylic acids is 1. The molecule has 2 aromatic rings. The molecule has 3 rings (SSSR count). The first-order chi connectivity index (χ1) is 15.8. The van der Waals surface area contributed by atoms with E-state index < -0.39 is 24.5 Å². The number of benzene rings is 2. The molecule has 10 heteroatoms. The number of carbonyl (C=O) groups is 3. The summed E-state index contributed by atoms with van der Waals surface area (Å²) in [5.41, 5.74) is 0.936. The molecule has 0 spiro atoms. The van der Waals surface area contributed by atoms with E-state index in [1.165, 1.54) is 46.5 Å². The molecule has 2 N–H and O–H groups in total. The summed E-state index contributed by atoms with van der Waals surface area (Å²) in [5, 5.41) is 11.1. The quantitative estimate of drug-likeness (QED) is 0.545. The average Bonchev–Trinajstić information content (AvgIpc) is 3.11. The van der Waals surface area contributed by atoms with Crippen LogP contribution in [0.4, 0.5) is 0 Å². The van der Waals surface area contributed by atoms with Crippen LogP contribution in [0.25, 0.3) is 6.08 Å². The lowest BCUT2D eigenvalue weighted by Gasteiger charge is -2.13. The van der Waals surface area contributed by atoms with Gasteiger partial charge in [0.2, 0.25) is 11.5 Å². The molecule has 2 aromatic carbocycles. The summed E-state index contributed by atoms with van der Waals surface area (Å²) in [4.78, 5) is 35.4. The standard InChI is InChI=1S/C23H23NO9/c1-12(23(27)28)24-20(25)11-32-14-5-6-15-16(10-14)33-17(21(15)26)7-13-8-18(29-2)22(31-4)19(9-13)30-3/h5-10,12H,11H2,1-4H3,(H,24,25)(H,27,28). The number of hydrogen-bond acceptors (Lipinski definition) is 8.